The van der Waals surface area contributed by atoms with Crippen molar-refractivity contribution in [3.05, 3.63) is 84.6 Å². The summed E-state index contributed by atoms with van der Waals surface area (Å²) in [6, 6.07) is 14.3. The maximum absolute atomic E-state index is 14.5. The first-order chi connectivity index (χ1) is 24.6. The number of pyridine rings is 1. The standard InChI is InChI=1S/C37H41N5O8S/c1-2-26-21-37(26,35(45)41-51(47,48)28-14-15-28)40-32(43)30-20-27-22-42(30)34(44)31(25-10-6-3-7-11-25)39-36(46)49-18-8-4-5-9-23-12-13-24-16-17-38-33(50-27)29(24)19-23/h2-3,6-7,10-13,16-17,19,26-28,30-31H,1,4-5,8-9,14-15,18,20-22H2,(H,39,46)(H,40,43)(H,41,45)/t26-,27-,30+,31+,37-/m1/s1. The van der Waals surface area contributed by atoms with Crippen LogP contribution in [0.1, 0.15) is 62.1 Å². The monoisotopic (exact) mass is 715 g/mol. The molecule has 51 heavy (non-hydrogen) atoms. The van der Waals surface area contributed by atoms with Gasteiger partial charge in [0.25, 0.3) is 11.8 Å². The van der Waals surface area contributed by atoms with Gasteiger partial charge in [-0.3, -0.25) is 19.1 Å². The average Bonchev–Trinajstić information content (AvgIpc) is 4.05. The third-order valence-corrected chi connectivity index (χ3v) is 12.0. The summed E-state index contributed by atoms with van der Waals surface area (Å²) in [6.45, 7) is 3.91. The number of aryl methyl sites for hydroxylation is 1. The maximum Gasteiger partial charge on any atom is 0.408 e. The molecule has 1 saturated heterocycles. The molecule has 2 aromatic carbocycles. The average molecular weight is 716 g/mol. The van der Waals surface area contributed by atoms with Gasteiger partial charge in [-0.15, -0.1) is 6.58 Å². The fourth-order valence-corrected chi connectivity index (χ4v) is 8.39. The molecular formula is C37H41N5O8S. The van der Waals surface area contributed by atoms with Crippen LogP contribution in [0.25, 0.3) is 10.8 Å². The van der Waals surface area contributed by atoms with Gasteiger partial charge in [0.1, 0.15) is 23.7 Å². The number of rotatable bonds is 7. The molecule has 4 amide bonds. The fourth-order valence-electron chi connectivity index (χ4n) is 7.02. The highest BCUT2D eigenvalue weighted by Crippen LogP contribution is 2.45. The number of hydrogen-bond donors (Lipinski definition) is 3. The van der Waals surface area contributed by atoms with Crippen LogP contribution < -0.4 is 20.1 Å². The minimum Gasteiger partial charge on any atom is -0.472 e. The summed E-state index contributed by atoms with van der Waals surface area (Å²) in [5, 5.41) is 6.60. The SMILES string of the molecule is C=C[C@@H]1C[C@]1(NC(=O)[C@@H]1C[C@@H]2CN1C(=O)[C@H](c1ccccc1)NC(=O)OCCCCCc1ccc3ccnc(c3c1)O2)C(=O)NS(=O)(=O)C1CC1. The van der Waals surface area contributed by atoms with Crippen molar-refractivity contribution in [3.8, 4) is 5.88 Å². The Bertz CT molecular complexity index is 1970. The summed E-state index contributed by atoms with van der Waals surface area (Å²) in [4.78, 5) is 61.2. The van der Waals surface area contributed by atoms with Gasteiger partial charge in [0.05, 0.1) is 18.4 Å². The van der Waals surface area contributed by atoms with Gasteiger partial charge in [0.15, 0.2) is 0 Å². The molecule has 0 spiro atoms. The van der Waals surface area contributed by atoms with Gasteiger partial charge in [-0.1, -0.05) is 48.5 Å². The molecule has 268 valence electrons. The van der Waals surface area contributed by atoms with Gasteiger partial charge in [-0.05, 0) is 73.6 Å². The first-order valence-electron chi connectivity index (χ1n) is 17.4. The molecular weight excluding hydrogens is 675 g/mol. The summed E-state index contributed by atoms with van der Waals surface area (Å²) >= 11 is 0. The molecule has 13 nitrogen and oxygen atoms in total. The van der Waals surface area contributed by atoms with Crippen molar-refractivity contribution in [1.82, 2.24) is 25.2 Å². The molecule has 3 fully saturated rings. The van der Waals surface area contributed by atoms with Crippen molar-refractivity contribution in [3.63, 3.8) is 0 Å². The highest BCUT2D eigenvalue weighted by Gasteiger charge is 2.62. The summed E-state index contributed by atoms with van der Waals surface area (Å²) in [7, 11) is -3.89. The Balaban J connectivity index is 1.22. The van der Waals surface area contributed by atoms with E-state index in [4.69, 9.17) is 9.47 Å². The van der Waals surface area contributed by atoms with Crippen molar-refractivity contribution < 1.29 is 37.1 Å². The lowest BCUT2D eigenvalue weighted by Gasteiger charge is -2.30. The number of alkyl carbamates (subject to hydrolysis) is 1. The number of hydrogen-bond acceptors (Lipinski definition) is 9. The van der Waals surface area contributed by atoms with Crippen molar-refractivity contribution in [1.29, 1.82) is 0 Å². The van der Waals surface area contributed by atoms with E-state index in [1.165, 1.54) is 11.0 Å². The molecule has 3 aromatic rings. The van der Waals surface area contributed by atoms with E-state index in [-0.39, 0.29) is 26.0 Å². The van der Waals surface area contributed by atoms with E-state index in [9.17, 15) is 27.6 Å². The van der Waals surface area contributed by atoms with E-state index < -0.39 is 68.7 Å². The number of sulfonamides is 1. The zero-order valence-electron chi connectivity index (χ0n) is 28.1. The van der Waals surface area contributed by atoms with E-state index in [2.05, 4.69) is 33.0 Å². The van der Waals surface area contributed by atoms with Crippen LogP contribution in [0.15, 0.2) is 73.4 Å². The number of fused-ring (bicyclic) bond motifs is 3. The van der Waals surface area contributed by atoms with Crippen LogP contribution in [0.2, 0.25) is 0 Å². The lowest BCUT2D eigenvalue weighted by molar-refractivity contribution is -0.141. The van der Waals surface area contributed by atoms with E-state index in [0.717, 1.165) is 35.6 Å². The van der Waals surface area contributed by atoms with Crippen LogP contribution in [-0.4, -0.2) is 78.2 Å². The summed E-state index contributed by atoms with van der Waals surface area (Å²) in [5.41, 5.74) is 0.0327. The molecule has 14 heteroatoms. The second kappa shape index (κ2) is 14.0. The molecule has 0 unspecified atom stereocenters. The number of cyclic esters (lactones) is 1. The number of carbonyl (C=O) groups excluding carboxylic acids is 4. The largest absolute Gasteiger partial charge is 0.472 e. The van der Waals surface area contributed by atoms with Gasteiger partial charge >= 0.3 is 6.09 Å². The lowest BCUT2D eigenvalue weighted by Crippen LogP contribution is -2.57. The highest BCUT2D eigenvalue weighted by molar-refractivity contribution is 7.91. The molecule has 0 radical (unpaired) electrons. The number of nitrogens with one attached hydrogen (secondary N) is 3. The molecule has 5 atom stereocenters. The van der Waals surface area contributed by atoms with Gasteiger partial charge in [-0.25, -0.2) is 18.2 Å². The zero-order valence-corrected chi connectivity index (χ0v) is 28.9. The molecule has 4 aliphatic rings. The second-order valence-corrected chi connectivity index (χ2v) is 15.7. The number of aromatic nitrogens is 1. The minimum absolute atomic E-state index is 0.0329. The molecule has 1 aromatic heterocycles. The van der Waals surface area contributed by atoms with E-state index in [1.54, 1.807) is 36.5 Å². The van der Waals surface area contributed by atoms with Crippen molar-refractivity contribution in [2.75, 3.05) is 13.2 Å². The zero-order chi connectivity index (χ0) is 35.8. The summed E-state index contributed by atoms with van der Waals surface area (Å²) < 4.78 is 39.5. The van der Waals surface area contributed by atoms with Crippen LogP contribution in [0.4, 0.5) is 4.79 Å². The highest BCUT2D eigenvalue weighted by atomic mass is 32.2. The first-order valence-corrected chi connectivity index (χ1v) is 19.0. The maximum atomic E-state index is 14.5. The normalized spacial score (nSPS) is 26.9. The lowest BCUT2D eigenvalue weighted by atomic mass is 10.0. The van der Waals surface area contributed by atoms with Crippen LogP contribution in [0.3, 0.4) is 0 Å². The number of ether oxygens (including phenoxy) is 2. The first kappa shape index (κ1) is 34.5. The molecule has 3 N–H and O–H groups in total. The number of benzene rings is 2. The third kappa shape index (κ3) is 7.27. The molecule has 2 aliphatic carbocycles. The van der Waals surface area contributed by atoms with Crippen LogP contribution in [0, 0.1) is 5.92 Å². The van der Waals surface area contributed by atoms with Crippen molar-refractivity contribution in [2.24, 2.45) is 5.92 Å². The summed E-state index contributed by atoms with van der Waals surface area (Å²) in [6.07, 6.45) is 5.96. The van der Waals surface area contributed by atoms with Gasteiger partial charge in [-0.2, -0.15) is 0 Å². The Hall–Kier alpha value is -4.98. The number of carbonyl (C=O) groups is 4. The van der Waals surface area contributed by atoms with E-state index in [0.29, 0.717) is 30.7 Å². The Morgan fingerprint density at radius 2 is 1.86 bits per heavy atom. The van der Waals surface area contributed by atoms with Crippen LogP contribution in [-0.2, 0) is 35.6 Å². The van der Waals surface area contributed by atoms with Crippen molar-refractivity contribution >= 4 is 44.6 Å². The molecule has 2 saturated carbocycles. The smallest absolute Gasteiger partial charge is 0.408 e. The van der Waals surface area contributed by atoms with Crippen LogP contribution in [0.5, 0.6) is 5.88 Å². The van der Waals surface area contributed by atoms with Crippen molar-refractivity contribution in [2.45, 2.75) is 80.3 Å². The predicted octanol–water partition coefficient (Wildman–Crippen LogP) is 3.45. The molecule has 3 heterocycles. The van der Waals surface area contributed by atoms with Gasteiger partial charge in [0.2, 0.25) is 21.8 Å². The van der Waals surface area contributed by atoms with E-state index in [1.807, 2.05) is 18.2 Å². The number of nitrogens with zero attached hydrogens (tertiary/aromatic N) is 2. The number of amides is 4. The second-order valence-electron chi connectivity index (χ2n) is 13.8. The van der Waals surface area contributed by atoms with Gasteiger partial charge < -0.3 is 25.0 Å². The third-order valence-electron chi connectivity index (χ3n) is 10.2. The molecule has 7 rings (SSSR count). The Morgan fingerprint density at radius 3 is 2.61 bits per heavy atom. The van der Waals surface area contributed by atoms with E-state index >= 15 is 0 Å². The topological polar surface area (TPSA) is 173 Å². The Labute approximate surface area is 296 Å². The molecule has 4 bridgehead atoms. The van der Waals surface area contributed by atoms with Crippen LogP contribution >= 0.6 is 0 Å². The molecule has 2 aliphatic heterocycles. The quantitative estimate of drug-likeness (QED) is 0.310. The Kier molecular flexibility index (Phi) is 9.44. The summed E-state index contributed by atoms with van der Waals surface area (Å²) in [5.74, 6) is -2.23. The minimum atomic E-state index is -3.89. The van der Waals surface area contributed by atoms with Gasteiger partial charge in [0, 0.05) is 23.9 Å². The fraction of sp³-hybridized carbons (Fsp3) is 0.432. The predicted molar refractivity (Wildman–Crippen MR) is 187 cm³/mol. The Morgan fingerprint density at radius 1 is 1.06 bits per heavy atom.